The number of rotatable bonds is 5. The van der Waals surface area contributed by atoms with Gasteiger partial charge in [-0.15, -0.1) is 0 Å². The molecular weight excluding hydrogens is 290 g/mol. The SMILES string of the molecule is CS(=O)(=O)N1CCC[C@@H]1CNC(=O)c1ccc(CN)cc1. The molecule has 21 heavy (non-hydrogen) atoms. The molecule has 0 saturated carbocycles. The second kappa shape index (κ2) is 6.55. The molecule has 0 aliphatic carbocycles. The first-order valence-corrected chi connectivity index (χ1v) is 8.80. The van der Waals surface area contributed by atoms with Gasteiger partial charge in [0.05, 0.1) is 6.26 Å². The van der Waals surface area contributed by atoms with Crippen molar-refractivity contribution in [3.05, 3.63) is 35.4 Å². The van der Waals surface area contributed by atoms with Gasteiger partial charge in [0, 0.05) is 31.2 Å². The molecule has 6 nitrogen and oxygen atoms in total. The third-order valence-electron chi connectivity index (χ3n) is 3.70. The van der Waals surface area contributed by atoms with E-state index in [4.69, 9.17) is 5.73 Å². The van der Waals surface area contributed by atoms with E-state index >= 15 is 0 Å². The number of hydrogen-bond acceptors (Lipinski definition) is 4. The summed E-state index contributed by atoms with van der Waals surface area (Å²) in [6.07, 6.45) is 2.82. The number of benzene rings is 1. The highest BCUT2D eigenvalue weighted by Gasteiger charge is 2.31. The molecule has 0 unspecified atom stereocenters. The van der Waals surface area contributed by atoms with E-state index < -0.39 is 10.0 Å². The highest BCUT2D eigenvalue weighted by atomic mass is 32.2. The Labute approximate surface area is 125 Å². The second-order valence-corrected chi connectivity index (χ2v) is 7.22. The number of nitrogens with one attached hydrogen (secondary N) is 1. The van der Waals surface area contributed by atoms with E-state index in [1.807, 2.05) is 12.1 Å². The van der Waals surface area contributed by atoms with Gasteiger partial charge in [0.1, 0.15) is 0 Å². The van der Waals surface area contributed by atoms with Crippen LogP contribution >= 0.6 is 0 Å². The molecule has 1 aliphatic rings. The molecule has 0 bridgehead atoms. The molecule has 1 aromatic rings. The average Bonchev–Trinajstić information content (AvgIpc) is 2.93. The molecule has 116 valence electrons. The van der Waals surface area contributed by atoms with Gasteiger partial charge in [0.15, 0.2) is 0 Å². The number of carbonyl (C=O) groups excluding carboxylic acids is 1. The maximum atomic E-state index is 12.0. The molecule has 1 fully saturated rings. The van der Waals surface area contributed by atoms with E-state index in [9.17, 15) is 13.2 Å². The molecular formula is C14H21N3O3S. The first-order valence-electron chi connectivity index (χ1n) is 6.96. The van der Waals surface area contributed by atoms with Gasteiger partial charge in [-0.05, 0) is 30.5 Å². The summed E-state index contributed by atoms with van der Waals surface area (Å²) in [7, 11) is -3.21. The first kappa shape index (κ1) is 15.9. The number of nitrogens with zero attached hydrogens (tertiary/aromatic N) is 1. The highest BCUT2D eigenvalue weighted by molar-refractivity contribution is 7.88. The van der Waals surface area contributed by atoms with Crippen molar-refractivity contribution >= 4 is 15.9 Å². The van der Waals surface area contributed by atoms with E-state index in [1.165, 1.54) is 10.6 Å². The third-order valence-corrected chi connectivity index (χ3v) is 5.03. The molecule has 7 heteroatoms. The van der Waals surface area contributed by atoms with Crippen LogP contribution in [0.2, 0.25) is 0 Å². The fourth-order valence-corrected chi connectivity index (χ4v) is 3.74. The summed E-state index contributed by atoms with van der Waals surface area (Å²) >= 11 is 0. The highest BCUT2D eigenvalue weighted by Crippen LogP contribution is 2.19. The van der Waals surface area contributed by atoms with Crippen LogP contribution in [0.25, 0.3) is 0 Å². The zero-order valence-corrected chi connectivity index (χ0v) is 12.9. The zero-order chi connectivity index (χ0) is 15.5. The maximum Gasteiger partial charge on any atom is 0.251 e. The average molecular weight is 311 g/mol. The lowest BCUT2D eigenvalue weighted by molar-refractivity contribution is 0.0946. The Morgan fingerprint density at radius 1 is 1.38 bits per heavy atom. The summed E-state index contributed by atoms with van der Waals surface area (Å²) in [4.78, 5) is 12.0. The van der Waals surface area contributed by atoms with Crippen LogP contribution in [-0.2, 0) is 16.6 Å². The first-order chi connectivity index (χ1) is 9.91. The van der Waals surface area contributed by atoms with Crippen LogP contribution in [0.4, 0.5) is 0 Å². The van der Waals surface area contributed by atoms with Gasteiger partial charge in [0.25, 0.3) is 5.91 Å². The smallest absolute Gasteiger partial charge is 0.251 e. The lowest BCUT2D eigenvalue weighted by Crippen LogP contribution is -2.42. The van der Waals surface area contributed by atoms with Crippen molar-refractivity contribution in [1.29, 1.82) is 0 Å². The molecule has 1 amide bonds. The lowest BCUT2D eigenvalue weighted by atomic mass is 10.1. The van der Waals surface area contributed by atoms with Crippen molar-refractivity contribution in [1.82, 2.24) is 9.62 Å². The minimum Gasteiger partial charge on any atom is -0.350 e. The van der Waals surface area contributed by atoms with Crippen LogP contribution < -0.4 is 11.1 Å². The number of sulfonamides is 1. The summed E-state index contributed by atoms with van der Waals surface area (Å²) in [5.41, 5.74) is 7.03. The molecule has 0 aromatic heterocycles. The lowest BCUT2D eigenvalue weighted by Gasteiger charge is -2.22. The third kappa shape index (κ3) is 4.03. The monoisotopic (exact) mass is 311 g/mol. The Morgan fingerprint density at radius 3 is 2.62 bits per heavy atom. The largest absolute Gasteiger partial charge is 0.350 e. The summed E-state index contributed by atoms with van der Waals surface area (Å²) in [5, 5.41) is 2.80. The Morgan fingerprint density at radius 2 is 2.05 bits per heavy atom. The fraction of sp³-hybridized carbons (Fsp3) is 0.500. The molecule has 1 atom stereocenters. The Kier molecular flexibility index (Phi) is 4.97. The minimum atomic E-state index is -3.21. The maximum absolute atomic E-state index is 12.0. The predicted molar refractivity (Wildman–Crippen MR) is 81.2 cm³/mol. The van der Waals surface area contributed by atoms with E-state index in [2.05, 4.69) is 5.32 Å². The molecule has 1 aromatic carbocycles. The van der Waals surface area contributed by atoms with Crippen molar-refractivity contribution in [2.24, 2.45) is 5.73 Å². The van der Waals surface area contributed by atoms with Gasteiger partial charge in [-0.2, -0.15) is 4.31 Å². The van der Waals surface area contributed by atoms with Gasteiger partial charge in [-0.1, -0.05) is 12.1 Å². The molecule has 1 aliphatic heterocycles. The van der Waals surface area contributed by atoms with Crippen LogP contribution in [-0.4, -0.2) is 44.0 Å². The van der Waals surface area contributed by atoms with Crippen LogP contribution in [0.1, 0.15) is 28.8 Å². The Bertz CT molecular complexity index is 598. The van der Waals surface area contributed by atoms with Crippen molar-refractivity contribution in [3.63, 3.8) is 0 Å². The van der Waals surface area contributed by atoms with Crippen LogP contribution in [0.3, 0.4) is 0 Å². The fourth-order valence-electron chi connectivity index (χ4n) is 2.55. The molecule has 0 radical (unpaired) electrons. The van der Waals surface area contributed by atoms with Crippen molar-refractivity contribution in [3.8, 4) is 0 Å². The number of hydrogen-bond donors (Lipinski definition) is 2. The standard InChI is InChI=1S/C14H21N3O3S/c1-21(19,20)17-8-2-3-13(17)10-16-14(18)12-6-4-11(9-15)5-7-12/h4-7,13H,2-3,8-10,15H2,1H3,(H,16,18)/t13-/m1/s1. The van der Waals surface area contributed by atoms with Crippen molar-refractivity contribution in [2.75, 3.05) is 19.3 Å². The van der Waals surface area contributed by atoms with Crippen LogP contribution in [0.5, 0.6) is 0 Å². The van der Waals surface area contributed by atoms with E-state index in [1.54, 1.807) is 12.1 Å². The summed E-state index contributed by atoms with van der Waals surface area (Å²) in [6, 6.07) is 6.92. The zero-order valence-electron chi connectivity index (χ0n) is 12.1. The molecule has 1 heterocycles. The summed E-state index contributed by atoms with van der Waals surface area (Å²) in [5.74, 6) is -0.195. The topological polar surface area (TPSA) is 92.5 Å². The van der Waals surface area contributed by atoms with E-state index in [-0.39, 0.29) is 11.9 Å². The number of carbonyl (C=O) groups is 1. The van der Waals surface area contributed by atoms with Gasteiger partial charge in [0.2, 0.25) is 10.0 Å². The second-order valence-electron chi connectivity index (χ2n) is 5.28. The molecule has 1 saturated heterocycles. The van der Waals surface area contributed by atoms with Crippen LogP contribution in [0, 0.1) is 0 Å². The van der Waals surface area contributed by atoms with Crippen molar-refractivity contribution in [2.45, 2.75) is 25.4 Å². The van der Waals surface area contributed by atoms with E-state index in [0.717, 1.165) is 18.4 Å². The quantitative estimate of drug-likeness (QED) is 0.818. The molecule has 3 N–H and O–H groups in total. The van der Waals surface area contributed by atoms with Gasteiger partial charge >= 0.3 is 0 Å². The van der Waals surface area contributed by atoms with Gasteiger partial charge in [-0.25, -0.2) is 8.42 Å². The van der Waals surface area contributed by atoms with Gasteiger partial charge < -0.3 is 11.1 Å². The number of nitrogens with two attached hydrogens (primary N) is 1. The van der Waals surface area contributed by atoms with Crippen molar-refractivity contribution < 1.29 is 13.2 Å². The Balaban J connectivity index is 1.94. The van der Waals surface area contributed by atoms with Crippen LogP contribution in [0.15, 0.2) is 24.3 Å². The Hall–Kier alpha value is -1.44. The molecule has 2 rings (SSSR count). The summed E-state index contributed by atoms with van der Waals surface area (Å²) < 4.78 is 24.7. The predicted octanol–water partition coefficient (Wildman–Crippen LogP) is 0.299. The normalized spacial score (nSPS) is 19.6. The number of amides is 1. The summed E-state index contributed by atoms with van der Waals surface area (Å²) in [6.45, 7) is 1.31. The molecule has 0 spiro atoms. The van der Waals surface area contributed by atoms with E-state index in [0.29, 0.717) is 25.2 Å². The minimum absolute atomic E-state index is 0.146. The van der Waals surface area contributed by atoms with Gasteiger partial charge in [-0.3, -0.25) is 4.79 Å².